The van der Waals surface area contributed by atoms with E-state index < -0.39 is 11.6 Å². The summed E-state index contributed by atoms with van der Waals surface area (Å²) < 4.78 is 31.8. The van der Waals surface area contributed by atoms with Crippen molar-refractivity contribution in [2.24, 2.45) is 5.73 Å². The van der Waals surface area contributed by atoms with Crippen molar-refractivity contribution in [3.63, 3.8) is 0 Å². The maximum Gasteiger partial charge on any atom is 0.166 e. The lowest BCUT2D eigenvalue weighted by atomic mass is 10.2. The minimum atomic E-state index is -0.553. The number of benzene rings is 2. The van der Waals surface area contributed by atoms with Gasteiger partial charge in [0, 0.05) is 12.6 Å². The zero-order chi connectivity index (χ0) is 13.1. The van der Waals surface area contributed by atoms with Crippen molar-refractivity contribution in [1.82, 2.24) is 0 Å². The van der Waals surface area contributed by atoms with Crippen LogP contribution in [0.1, 0.15) is 5.56 Å². The van der Waals surface area contributed by atoms with E-state index in [9.17, 15) is 8.78 Å². The lowest BCUT2D eigenvalue weighted by Gasteiger charge is -2.08. The molecule has 0 aliphatic carbocycles. The Kier molecular flexibility index (Phi) is 3.79. The first-order chi connectivity index (χ1) is 8.60. The molecule has 2 N–H and O–H groups in total. The molecule has 5 heteroatoms. The van der Waals surface area contributed by atoms with E-state index in [4.69, 9.17) is 22.1 Å². The summed E-state index contributed by atoms with van der Waals surface area (Å²) in [6.07, 6.45) is 0. The second kappa shape index (κ2) is 5.33. The average molecular weight is 270 g/mol. The maximum absolute atomic E-state index is 13.6. The molecule has 0 aliphatic heterocycles. The summed E-state index contributed by atoms with van der Waals surface area (Å²) in [5, 5.41) is -0.0773. The number of halogens is 3. The van der Waals surface area contributed by atoms with Crippen molar-refractivity contribution >= 4 is 11.6 Å². The van der Waals surface area contributed by atoms with Crippen molar-refractivity contribution in [3.8, 4) is 11.5 Å². The SMILES string of the molecule is NCc1ccc(Oc2ccc(F)c(Cl)c2)c(F)c1. The van der Waals surface area contributed by atoms with Crippen LogP contribution < -0.4 is 10.5 Å². The van der Waals surface area contributed by atoms with E-state index in [1.54, 1.807) is 6.07 Å². The molecule has 0 saturated carbocycles. The van der Waals surface area contributed by atoms with Crippen LogP contribution in [-0.2, 0) is 6.54 Å². The number of ether oxygens (including phenoxy) is 1. The van der Waals surface area contributed by atoms with Gasteiger partial charge in [0.05, 0.1) is 5.02 Å². The molecule has 0 saturated heterocycles. The molecule has 0 aliphatic rings. The lowest BCUT2D eigenvalue weighted by Crippen LogP contribution is -1.97. The van der Waals surface area contributed by atoms with Gasteiger partial charge in [0.15, 0.2) is 11.6 Å². The topological polar surface area (TPSA) is 35.2 Å². The normalized spacial score (nSPS) is 10.4. The standard InChI is InChI=1S/C13H10ClF2NO/c14-10-6-9(2-3-11(10)15)18-13-4-1-8(7-17)5-12(13)16/h1-6H,7,17H2. The summed E-state index contributed by atoms with van der Waals surface area (Å²) >= 11 is 5.60. The van der Waals surface area contributed by atoms with Gasteiger partial charge in [-0.3, -0.25) is 0 Å². The van der Waals surface area contributed by atoms with Crippen LogP contribution in [0.3, 0.4) is 0 Å². The molecule has 0 aromatic heterocycles. The molecule has 2 nitrogen and oxygen atoms in total. The molecule has 0 atom stereocenters. The second-order valence-electron chi connectivity index (χ2n) is 3.65. The predicted octanol–water partition coefficient (Wildman–Crippen LogP) is 3.87. The summed E-state index contributed by atoms with van der Waals surface area (Å²) in [5.41, 5.74) is 6.06. The molecule has 0 radical (unpaired) electrons. The molecular weight excluding hydrogens is 260 g/mol. The van der Waals surface area contributed by atoms with E-state index in [-0.39, 0.29) is 23.1 Å². The Morgan fingerprint density at radius 2 is 1.83 bits per heavy atom. The predicted molar refractivity (Wildman–Crippen MR) is 65.8 cm³/mol. The van der Waals surface area contributed by atoms with Crippen molar-refractivity contribution < 1.29 is 13.5 Å². The Labute approximate surface area is 108 Å². The summed E-state index contributed by atoms with van der Waals surface area (Å²) in [5.74, 6) is -0.781. The van der Waals surface area contributed by atoms with Gasteiger partial charge in [-0.15, -0.1) is 0 Å². The first-order valence-corrected chi connectivity index (χ1v) is 5.59. The van der Waals surface area contributed by atoms with Gasteiger partial charge in [-0.2, -0.15) is 0 Å². The van der Waals surface area contributed by atoms with Gasteiger partial charge in [0.2, 0.25) is 0 Å². The monoisotopic (exact) mass is 269 g/mol. The maximum atomic E-state index is 13.6. The van der Waals surface area contributed by atoms with Crippen LogP contribution in [0.5, 0.6) is 11.5 Å². The molecule has 2 aromatic rings. The van der Waals surface area contributed by atoms with Crippen molar-refractivity contribution in [3.05, 3.63) is 58.6 Å². The Hall–Kier alpha value is -1.65. The fourth-order valence-corrected chi connectivity index (χ4v) is 1.59. The smallest absolute Gasteiger partial charge is 0.166 e. The van der Waals surface area contributed by atoms with Crippen LogP contribution in [0.25, 0.3) is 0 Å². The molecule has 0 amide bonds. The van der Waals surface area contributed by atoms with Crippen molar-refractivity contribution in [1.29, 1.82) is 0 Å². The Balaban J connectivity index is 2.25. The molecule has 2 rings (SSSR count). The van der Waals surface area contributed by atoms with Gasteiger partial charge in [0.1, 0.15) is 11.6 Å². The van der Waals surface area contributed by atoms with Crippen LogP contribution in [0, 0.1) is 11.6 Å². The number of rotatable bonds is 3. The Bertz CT molecular complexity index is 575. The van der Waals surface area contributed by atoms with Gasteiger partial charge in [-0.25, -0.2) is 8.78 Å². The molecule has 0 spiro atoms. The highest BCUT2D eigenvalue weighted by Gasteiger charge is 2.07. The minimum absolute atomic E-state index is 0.0369. The third kappa shape index (κ3) is 2.78. The molecule has 18 heavy (non-hydrogen) atoms. The third-order valence-corrected chi connectivity index (χ3v) is 2.64. The van der Waals surface area contributed by atoms with E-state index >= 15 is 0 Å². The van der Waals surface area contributed by atoms with E-state index in [0.717, 1.165) is 6.07 Å². The highest BCUT2D eigenvalue weighted by Crippen LogP contribution is 2.28. The fraction of sp³-hybridized carbons (Fsp3) is 0.0769. The van der Waals surface area contributed by atoms with E-state index in [2.05, 4.69) is 0 Å². The highest BCUT2D eigenvalue weighted by atomic mass is 35.5. The average Bonchev–Trinajstić information content (AvgIpc) is 2.36. The third-order valence-electron chi connectivity index (χ3n) is 2.35. The van der Waals surface area contributed by atoms with Gasteiger partial charge in [-0.1, -0.05) is 17.7 Å². The summed E-state index contributed by atoms with van der Waals surface area (Å²) in [6.45, 7) is 0.250. The molecule has 0 fully saturated rings. The largest absolute Gasteiger partial charge is 0.454 e. The number of hydrogen-bond donors (Lipinski definition) is 1. The minimum Gasteiger partial charge on any atom is -0.454 e. The zero-order valence-electron chi connectivity index (χ0n) is 9.29. The van der Waals surface area contributed by atoms with Gasteiger partial charge >= 0.3 is 0 Å². The van der Waals surface area contributed by atoms with Crippen LogP contribution in [0.4, 0.5) is 8.78 Å². The summed E-state index contributed by atoms with van der Waals surface area (Å²) in [4.78, 5) is 0. The molecule has 0 unspecified atom stereocenters. The van der Waals surface area contributed by atoms with Gasteiger partial charge < -0.3 is 10.5 Å². The highest BCUT2D eigenvalue weighted by molar-refractivity contribution is 6.30. The van der Waals surface area contributed by atoms with Crippen LogP contribution in [0.15, 0.2) is 36.4 Å². The molecule has 94 valence electrons. The number of hydrogen-bond acceptors (Lipinski definition) is 2. The summed E-state index contributed by atoms with van der Waals surface area (Å²) in [7, 11) is 0. The van der Waals surface area contributed by atoms with Crippen LogP contribution in [0.2, 0.25) is 5.02 Å². The van der Waals surface area contributed by atoms with Crippen LogP contribution in [-0.4, -0.2) is 0 Å². The van der Waals surface area contributed by atoms with Crippen molar-refractivity contribution in [2.45, 2.75) is 6.54 Å². The van der Waals surface area contributed by atoms with E-state index in [1.165, 1.54) is 24.3 Å². The first-order valence-electron chi connectivity index (χ1n) is 5.21. The van der Waals surface area contributed by atoms with Crippen molar-refractivity contribution in [2.75, 3.05) is 0 Å². The number of nitrogens with two attached hydrogens (primary N) is 1. The first kappa shape index (κ1) is 12.8. The van der Waals surface area contributed by atoms with E-state index in [0.29, 0.717) is 5.56 Å². The van der Waals surface area contributed by atoms with Gasteiger partial charge in [-0.05, 0) is 29.8 Å². The summed E-state index contributed by atoms with van der Waals surface area (Å²) in [6, 6.07) is 8.23. The molecule has 0 heterocycles. The molecule has 0 bridgehead atoms. The molecular formula is C13H10ClF2NO. The second-order valence-corrected chi connectivity index (χ2v) is 4.05. The van der Waals surface area contributed by atoms with E-state index in [1.807, 2.05) is 0 Å². The quantitative estimate of drug-likeness (QED) is 0.918. The lowest BCUT2D eigenvalue weighted by molar-refractivity contribution is 0.440. The van der Waals surface area contributed by atoms with Crippen LogP contribution >= 0.6 is 11.6 Å². The fourth-order valence-electron chi connectivity index (χ4n) is 1.42. The van der Waals surface area contributed by atoms with Gasteiger partial charge in [0.25, 0.3) is 0 Å². The zero-order valence-corrected chi connectivity index (χ0v) is 10.0. The Morgan fingerprint density at radius 3 is 2.44 bits per heavy atom. The Morgan fingerprint density at radius 1 is 1.06 bits per heavy atom. The molecule has 2 aromatic carbocycles.